The Balaban J connectivity index is 1.90. The third-order valence-electron chi connectivity index (χ3n) is 3.90. The van der Waals surface area contributed by atoms with Crippen molar-refractivity contribution in [1.82, 2.24) is 4.90 Å². The van der Waals surface area contributed by atoms with Crippen LogP contribution in [0.4, 0.5) is 4.39 Å². The van der Waals surface area contributed by atoms with Crippen LogP contribution in [0.1, 0.15) is 28.2 Å². The van der Waals surface area contributed by atoms with Gasteiger partial charge < -0.3 is 4.90 Å². The van der Waals surface area contributed by atoms with Crippen LogP contribution in [0.25, 0.3) is 10.1 Å². The summed E-state index contributed by atoms with van der Waals surface area (Å²) in [5.74, 6) is -0.372. The number of halogens is 1. The molecule has 1 amide bonds. The van der Waals surface area contributed by atoms with Crippen LogP contribution in [0.3, 0.4) is 0 Å². The molecule has 0 aliphatic heterocycles. The summed E-state index contributed by atoms with van der Waals surface area (Å²) in [6, 6.07) is 16.4. The highest BCUT2D eigenvalue weighted by molar-refractivity contribution is 7.20. The minimum absolute atomic E-state index is 0.0382. The van der Waals surface area contributed by atoms with Gasteiger partial charge in [-0.05, 0) is 30.7 Å². The van der Waals surface area contributed by atoms with Crippen LogP contribution >= 0.6 is 11.3 Å². The van der Waals surface area contributed by atoms with Crippen molar-refractivity contribution >= 4 is 27.3 Å². The molecule has 3 rings (SSSR count). The van der Waals surface area contributed by atoms with Crippen LogP contribution in [0.15, 0.2) is 54.6 Å². The fourth-order valence-electron chi connectivity index (χ4n) is 2.44. The molecule has 0 spiro atoms. The highest BCUT2D eigenvalue weighted by atomic mass is 32.1. The smallest absolute Gasteiger partial charge is 0.264 e. The Hall–Kier alpha value is -2.20. The lowest BCUT2D eigenvalue weighted by molar-refractivity contribution is 0.0747. The van der Waals surface area contributed by atoms with Crippen LogP contribution in [0.2, 0.25) is 0 Å². The monoisotopic (exact) mass is 313 g/mol. The van der Waals surface area contributed by atoms with Crippen LogP contribution in [-0.2, 0) is 0 Å². The van der Waals surface area contributed by atoms with E-state index < -0.39 is 0 Å². The lowest BCUT2D eigenvalue weighted by atomic mass is 10.1. The molecule has 2 nitrogen and oxygen atoms in total. The van der Waals surface area contributed by atoms with Crippen LogP contribution in [0.5, 0.6) is 0 Å². The van der Waals surface area contributed by atoms with Gasteiger partial charge in [0, 0.05) is 17.1 Å². The molecule has 0 saturated heterocycles. The van der Waals surface area contributed by atoms with Crippen molar-refractivity contribution in [1.29, 1.82) is 0 Å². The van der Waals surface area contributed by atoms with Crippen molar-refractivity contribution in [3.63, 3.8) is 0 Å². The number of benzene rings is 2. The van der Waals surface area contributed by atoms with Gasteiger partial charge in [0.15, 0.2) is 0 Å². The molecule has 0 aliphatic carbocycles. The van der Waals surface area contributed by atoms with Crippen molar-refractivity contribution in [2.24, 2.45) is 0 Å². The molecule has 1 atom stereocenters. The van der Waals surface area contributed by atoms with E-state index in [1.165, 1.54) is 17.4 Å². The maximum Gasteiger partial charge on any atom is 0.264 e. The van der Waals surface area contributed by atoms with Crippen LogP contribution in [-0.4, -0.2) is 17.9 Å². The number of amides is 1. The van der Waals surface area contributed by atoms with Gasteiger partial charge in [-0.3, -0.25) is 4.79 Å². The fraction of sp³-hybridized carbons (Fsp3) is 0.167. The zero-order valence-corrected chi connectivity index (χ0v) is 13.2. The summed E-state index contributed by atoms with van der Waals surface area (Å²) in [5, 5.41) is 0.511. The molecular weight excluding hydrogens is 297 g/mol. The lowest BCUT2D eigenvalue weighted by Crippen LogP contribution is -2.28. The molecule has 0 unspecified atom stereocenters. The Morgan fingerprint density at radius 1 is 1.14 bits per heavy atom. The number of rotatable bonds is 3. The van der Waals surface area contributed by atoms with E-state index in [0.717, 1.165) is 10.3 Å². The number of thiophene rings is 1. The maximum atomic E-state index is 13.8. The van der Waals surface area contributed by atoms with Crippen molar-refractivity contribution < 1.29 is 9.18 Å². The first kappa shape index (κ1) is 14.7. The van der Waals surface area contributed by atoms with Gasteiger partial charge in [0.2, 0.25) is 0 Å². The second-order valence-electron chi connectivity index (χ2n) is 5.27. The Labute approximate surface area is 132 Å². The summed E-state index contributed by atoms with van der Waals surface area (Å²) >= 11 is 1.33. The summed E-state index contributed by atoms with van der Waals surface area (Å²) in [6.07, 6.45) is 0. The zero-order chi connectivity index (χ0) is 15.7. The number of carbonyl (C=O) groups excluding carboxylic acids is 1. The van der Waals surface area contributed by atoms with Crippen molar-refractivity contribution in [2.75, 3.05) is 7.05 Å². The standard InChI is InChI=1S/C18H16FNOS/c1-12(13-7-4-3-5-8-13)20(2)18(21)17-11-14-15(19)9-6-10-16(14)22-17/h3-12H,1-2H3/t12-/m1/s1. The summed E-state index contributed by atoms with van der Waals surface area (Å²) in [4.78, 5) is 14.9. The average Bonchev–Trinajstić information content (AvgIpc) is 2.99. The number of nitrogens with zero attached hydrogens (tertiary/aromatic N) is 1. The third-order valence-corrected chi connectivity index (χ3v) is 4.99. The van der Waals surface area contributed by atoms with Crippen molar-refractivity contribution in [3.8, 4) is 0 Å². The van der Waals surface area contributed by atoms with Gasteiger partial charge in [-0.25, -0.2) is 4.39 Å². The normalized spacial score (nSPS) is 12.3. The summed E-state index contributed by atoms with van der Waals surface area (Å²) in [5.41, 5.74) is 1.07. The van der Waals surface area contributed by atoms with E-state index in [-0.39, 0.29) is 17.8 Å². The highest BCUT2D eigenvalue weighted by Crippen LogP contribution is 2.30. The van der Waals surface area contributed by atoms with Gasteiger partial charge in [-0.2, -0.15) is 0 Å². The minimum Gasteiger partial charge on any atom is -0.334 e. The SMILES string of the molecule is C[C@H](c1ccccc1)N(C)C(=O)c1cc2c(F)cccc2s1. The first-order chi connectivity index (χ1) is 10.6. The molecule has 3 aromatic rings. The maximum absolute atomic E-state index is 13.8. The highest BCUT2D eigenvalue weighted by Gasteiger charge is 2.21. The molecule has 1 aromatic heterocycles. The van der Waals surface area contributed by atoms with Gasteiger partial charge in [0.25, 0.3) is 5.91 Å². The van der Waals surface area contributed by atoms with E-state index >= 15 is 0 Å². The Morgan fingerprint density at radius 3 is 2.55 bits per heavy atom. The fourth-order valence-corrected chi connectivity index (χ4v) is 3.49. The Morgan fingerprint density at radius 2 is 1.86 bits per heavy atom. The first-order valence-electron chi connectivity index (χ1n) is 7.08. The Bertz CT molecular complexity index is 812. The zero-order valence-electron chi connectivity index (χ0n) is 12.4. The molecule has 0 saturated carbocycles. The van der Waals surface area contributed by atoms with Crippen molar-refractivity contribution in [3.05, 3.63) is 70.9 Å². The largest absolute Gasteiger partial charge is 0.334 e. The number of carbonyl (C=O) groups is 1. The van der Waals surface area contributed by atoms with E-state index in [0.29, 0.717) is 10.3 Å². The van der Waals surface area contributed by atoms with E-state index in [1.807, 2.05) is 43.3 Å². The summed E-state index contributed by atoms with van der Waals surface area (Å²) in [6.45, 7) is 1.99. The predicted molar refractivity (Wildman–Crippen MR) is 88.7 cm³/mol. The molecule has 22 heavy (non-hydrogen) atoms. The van der Waals surface area contributed by atoms with E-state index in [2.05, 4.69) is 0 Å². The molecule has 2 aromatic carbocycles. The second-order valence-corrected chi connectivity index (χ2v) is 6.35. The first-order valence-corrected chi connectivity index (χ1v) is 7.89. The van der Waals surface area contributed by atoms with Gasteiger partial charge in [0.1, 0.15) is 5.82 Å². The van der Waals surface area contributed by atoms with Gasteiger partial charge in [0.05, 0.1) is 10.9 Å². The molecule has 0 N–H and O–H groups in total. The van der Waals surface area contributed by atoms with E-state index in [1.54, 1.807) is 24.1 Å². The molecule has 1 heterocycles. The summed E-state index contributed by atoms with van der Waals surface area (Å²) in [7, 11) is 1.78. The lowest BCUT2D eigenvalue weighted by Gasteiger charge is -2.24. The Kier molecular flexibility index (Phi) is 3.94. The molecule has 0 fully saturated rings. The van der Waals surface area contributed by atoms with E-state index in [4.69, 9.17) is 0 Å². The van der Waals surface area contributed by atoms with E-state index in [9.17, 15) is 9.18 Å². The molecule has 0 bridgehead atoms. The van der Waals surface area contributed by atoms with Crippen molar-refractivity contribution in [2.45, 2.75) is 13.0 Å². The van der Waals surface area contributed by atoms with Crippen LogP contribution < -0.4 is 0 Å². The number of hydrogen-bond donors (Lipinski definition) is 0. The van der Waals surface area contributed by atoms with Gasteiger partial charge >= 0.3 is 0 Å². The molecule has 0 radical (unpaired) electrons. The summed E-state index contributed by atoms with van der Waals surface area (Å²) < 4.78 is 14.6. The molecule has 0 aliphatic rings. The molecule has 112 valence electrons. The quantitative estimate of drug-likeness (QED) is 0.675. The topological polar surface area (TPSA) is 20.3 Å². The van der Waals surface area contributed by atoms with Gasteiger partial charge in [-0.15, -0.1) is 11.3 Å². The third kappa shape index (κ3) is 2.62. The average molecular weight is 313 g/mol. The number of fused-ring (bicyclic) bond motifs is 1. The molecule has 4 heteroatoms. The number of hydrogen-bond acceptors (Lipinski definition) is 2. The van der Waals surface area contributed by atoms with Crippen LogP contribution in [0, 0.1) is 5.82 Å². The molecular formula is C18H16FNOS. The minimum atomic E-state index is -0.286. The second kappa shape index (κ2) is 5.89. The van der Waals surface area contributed by atoms with Gasteiger partial charge in [-0.1, -0.05) is 36.4 Å². The predicted octanol–water partition coefficient (Wildman–Crippen LogP) is 4.87.